The minimum absolute atomic E-state index is 0.0852. The zero-order valence-corrected chi connectivity index (χ0v) is 12.1. The molecule has 0 aromatic heterocycles. The molecule has 106 valence electrons. The molecule has 1 unspecified atom stereocenters. The summed E-state index contributed by atoms with van der Waals surface area (Å²) in [4.78, 5) is 12.1. The number of benzene rings is 2. The number of ether oxygens (including phenoxy) is 1. The molecule has 0 aliphatic rings. The third-order valence-corrected chi connectivity index (χ3v) is 3.17. The van der Waals surface area contributed by atoms with E-state index in [1.165, 1.54) is 0 Å². The normalized spacial score (nSPS) is 12.6. The molecule has 0 spiro atoms. The number of phenols is 1. The predicted octanol–water partition coefficient (Wildman–Crippen LogP) is 4.14. The summed E-state index contributed by atoms with van der Waals surface area (Å²) < 4.78 is 5.43. The van der Waals surface area contributed by atoms with Crippen molar-refractivity contribution in [1.29, 1.82) is 0 Å². The number of carbonyl (C=O) groups is 1. The summed E-state index contributed by atoms with van der Waals surface area (Å²) in [6, 6.07) is 10.4. The van der Waals surface area contributed by atoms with Gasteiger partial charge >= 0.3 is 5.97 Å². The largest absolute Gasteiger partial charge is 0.508 e. The highest BCUT2D eigenvalue weighted by Gasteiger charge is 2.13. The van der Waals surface area contributed by atoms with Gasteiger partial charge < -0.3 is 9.84 Å². The summed E-state index contributed by atoms with van der Waals surface area (Å²) in [5.41, 5.74) is 0.541. The van der Waals surface area contributed by atoms with Gasteiger partial charge in [0, 0.05) is 0 Å². The van der Waals surface area contributed by atoms with E-state index in [9.17, 15) is 9.90 Å². The maximum atomic E-state index is 12.1. The highest BCUT2D eigenvalue weighted by molar-refractivity contribution is 5.95. The molecule has 0 amide bonds. The van der Waals surface area contributed by atoms with E-state index >= 15 is 0 Å². The van der Waals surface area contributed by atoms with Gasteiger partial charge in [-0.15, -0.1) is 0 Å². The molecule has 0 saturated carbocycles. The van der Waals surface area contributed by atoms with E-state index in [1.807, 2.05) is 13.0 Å². The molecule has 0 bridgehead atoms. The predicted molar refractivity (Wildman–Crippen MR) is 79.9 cm³/mol. The van der Waals surface area contributed by atoms with Crippen molar-refractivity contribution in [1.82, 2.24) is 0 Å². The van der Waals surface area contributed by atoms with Crippen LogP contribution in [0, 0.1) is 5.92 Å². The molecule has 2 aromatic carbocycles. The molecule has 1 atom stereocenters. The van der Waals surface area contributed by atoms with Gasteiger partial charge in [-0.1, -0.05) is 26.0 Å². The van der Waals surface area contributed by atoms with Crippen LogP contribution in [0.5, 0.6) is 5.75 Å². The van der Waals surface area contributed by atoms with Crippen LogP contribution in [0.4, 0.5) is 0 Å². The van der Waals surface area contributed by atoms with E-state index in [-0.39, 0.29) is 17.8 Å². The van der Waals surface area contributed by atoms with Crippen molar-refractivity contribution in [3.8, 4) is 5.75 Å². The molecule has 0 fully saturated rings. The number of esters is 1. The van der Waals surface area contributed by atoms with E-state index < -0.39 is 0 Å². The number of phenolic OH excluding ortho intramolecular Hbond substituents is 1. The monoisotopic (exact) mass is 272 g/mol. The molecular formula is C17H20O3. The van der Waals surface area contributed by atoms with Crippen molar-refractivity contribution in [3.63, 3.8) is 0 Å². The summed E-state index contributed by atoms with van der Waals surface area (Å²) in [5, 5.41) is 11.2. The molecule has 3 nitrogen and oxygen atoms in total. The lowest BCUT2D eigenvalue weighted by molar-refractivity contribution is 0.0300. The number of hydrogen-bond acceptors (Lipinski definition) is 3. The van der Waals surface area contributed by atoms with Crippen molar-refractivity contribution in [2.75, 3.05) is 0 Å². The van der Waals surface area contributed by atoms with Crippen LogP contribution in [0.1, 0.15) is 37.6 Å². The first kappa shape index (κ1) is 14.4. The van der Waals surface area contributed by atoms with Gasteiger partial charge in [0.1, 0.15) is 5.75 Å². The van der Waals surface area contributed by atoms with Crippen molar-refractivity contribution in [2.24, 2.45) is 5.92 Å². The Hall–Kier alpha value is -2.03. The maximum Gasteiger partial charge on any atom is 0.338 e. The zero-order chi connectivity index (χ0) is 14.7. The van der Waals surface area contributed by atoms with Crippen LogP contribution in [0.15, 0.2) is 36.4 Å². The standard InChI is InChI=1S/C17H20O3/c1-11(2)8-12(3)20-17(19)15-5-4-14-10-16(18)7-6-13(14)9-15/h4-7,9-12,18H,8H2,1-3H3. The summed E-state index contributed by atoms with van der Waals surface area (Å²) in [6.07, 6.45) is 0.769. The molecule has 2 aromatic rings. The molecule has 0 aliphatic carbocycles. The van der Waals surface area contributed by atoms with Gasteiger partial charge in [-0.25, -0.2) is 4.79 Å². The Kier molecular flexibility index (Phi) is 4.28. The third-order valence-electron chi connectivity index (χ3n) is 3.17. The second-order valence-electron chi connectivity index (χ2n) is 5.59. The fourth-order valence-electron chi connectivity index (χ4n) is 2.32. The summed E-state index contributed by atoms with van der Waals surface area (Å²) in [5.74, 6) is 0.420. The van der Waals surface area contributed by atoms with Crippen LogP contribution < -0.4 is 0 Å². The second-order valence-corrected chi connectivity index (χ2v) is 5.59. The molecule has 1 N–H and O–H groups in total. The van der Waals surface area contributed by atoms with E-state index in [1.54, 1.807) is 30.3 Å². The van der Waals surface area contributed by atoms with Gasteiger partial charge in [0.05, 0.1) is 11.7 Å². The van der Waals surface area contributed by atoms with Crippen molar-refractivity contribution in [3.05, 3.63) is 42.0 Å². The van der Waals surface area contributed by atoms with Gasteiger partial charge in [-0.05, 0) is 54.3 Å². The fourth-order valence-corrected chi connectivity index (χ4v) is 2.32. The lowest BCUT2D eigenvalue weighted by Gasteiger charge is -2.15. The number of rotatable bonds is 4. The van der Waals surface area contributed by atoms with Gasteiger partial charge in [-0.2, -0.15) is 0 Å². The van der Waals surface area contributed by atoms with Crippen LogP contribution in [0.2, 0.25) is 0 Å². The van der Waals surface area contributed by atoms with Crippen molar-refractivity contribution >= 4 is 16.7 Å². The summed E-state index contributed by atoms with van der Waals surface area (Å²) >= 11 is 0. The average molecular weight is 272 g/mol. The quantitative estimate of drug-likeness (QED) is 0.851. The first-order chi connectivity index (χ1) is 9.45. The Morgan fingerprint density at radius 3 is 2.45 bits per heavy atom. The van der Waals surface area contributed by atoms with Crippen LogP contribution >= 0.6 is 0 Å². The Balaban J connectivity index is 2.16. The molecular weight excluding hydrogens is 252 g/mol. The number of fused-ring (bicyclic) bond motifs is 1. The number of hydrogen-bond donors (Lipinski definition) is 1. The fraction of sp³-hybridized carbons (Fsp3) is 0.353. The topological polar surface area (TPSA) is 46.5 Å². The smallest absolute Gasteiger partial charge is 0.338 e. The Labute approximate surface area is 119 Å². The summed E-state index contributed by atoms with van der Waals surface area (Å²) in [7, 11) is 0. The van der Waals surface area contributed by atoms with Crippen molar-refractivity contribution in [2.45, 2.75) is 33.3 Å². The van der Waals surface area contributed by atoms with Gasteiger partial charge in [0.15, 0.2) is 0 Å². The highest BCUT2D eigenvalue weighted by atomic mass is 16.5. The molecule has 0 radical (unpaired) electrons. The number of carbonyl (C=O) groups excluding carboxylic acids is 1. The van der Waals surface area contributed by atoms with Gasteiger partial charge in [-0.3, -0.25) is 0 Å². The van der Waals surface area contributed by atoms with E-state index in [0.717, 1.165) is 17.2 Å². The van der Waals surface area contributed by atoms with Crippen LogP contribution in [0.3, 0.4) is 0 Å². The lowest BCUT2D eigenvalue weighted by atomic mass is 10.1. The molecule has 0 aliphatic heterocycles. The molecule has 0 saturated heterocycles. The Morgan fingerprint density at radius 1 is 1.10 bits per heavy atom. The minimum Gasteiger partial charge on any atom is -0.508 e. The van der Waals surface area contributed by atoms with Gasteiger partial charge in [0.2, 0.25) is 0 Å². The molecule has 3 heteroatoms. The van der Waals surface area contributed by atoms with Crippen LogP contribution in [-0.4, -0.2) is 17.2 Å². The zero-order valence-electron chi connectivity index (χ0n) is 12.1. The van der Waals surface area contributed by atoms with Crippen LogP contribution in [0.25, 0.3) is 10.8 Å². The molecule has 20 heavy (non-hydrogen) atoms. The minimum atomic E-state index is -0.298. The average Bonchev–Trinajstić information content (AvgIpc) is 2.36. The Morgan fingerprint density at radius 2 is 1.75 bits per heavy atom. The van der Waals surface area contributed by atoms with Crippen LogP contribution in [-0.2, 0) is 4.74 Å². The first-order valence-corrected chi connectivity index (χ1v) is 6.89. The SMILES string of the molecule is CC(C)CC(C)OC(=O)c1ccc2cc(O)ccc2c1. The Bertz CT molecular complexity index is 617. The highest BCUT2D eigenvalue weighted by Crippen LogP contribution is 2.22. The molecule has 0 heterocycles. The second kappa shape index (κ2) is 5.95. The van der Waals surface area contributed by atoms with Gasteiger partial charge in [0.25, 0.3) is 0 Å². The van der Waals surface area contributed by atoms with Crippen molar-refractivity contribution < 1.29 is 14.6 Å². The number of aromatic hydroxyl groups is 1. The molecule has 2 rings (SSSR count). The summed E-state index contributed by atoms with van der Waals surface area (Å²) in [6.45, 7) is 6.12. The first-order valence-electron chi connectivity index (χ1n) is 6.89. The van der Waals surface area contributed by atoms with E-state index in [0.29, 0.717) is 11.5 Å². The lowest BCUT2D eigenvalue weighted by Crippen LogP contribution is -2.16. The van der Waals surface area contributed by atoms with E-state index in [2.05, 4.69) is 13.8 Å². The third kappa shape index (κ3) is 3.50. The maximum absolute atomic E-state index is 12.1. The van der Waals surface area contributed by atoms with E-state index in [4.69, 9.17) is 4.74 Å².